The van der Waals surface area contributed by atoms with Crippen molar-refractivity contribution < 1.29 is 0 Å². The van der Waals surface area contributed by atoms with Gasteiger partial charge in [0.05, 0.1) is 0 Å². The highest BCUT2D eigenvalue weighted by atomic mass is 14.9. The van der Waals surface area contributed by atoms with E-state index in [9.17, 15) is 0 Å². The minimum absolute atomic E-state index is 0.412. The van der Waals surface area contributed by atoms with Crippen molar-refractivity contribution in [2.24, 2.45) is 16.8 Å². The maximum atomic E-state index is 4.40. The van der Waals surface area contributed by atoms with E-state index in [-0.39, 0.29) is 0 Å². The van der Waals surface area contributed by atoms with Crippen molar-refractivity contribution in [3.63, 3.8) is 0 Å². The summed E-state index contributed by atoms with van der Waals surface area (Å²) in [6.45, 7) is 26.6. The van der Waals surface area contributed by atoms with Gasteiger partial charge in [-0.2, -0.15) is 0 Å². The second kappa shape index (κ2) is 12.3. The maximum Gasteiger partial charge on any atom is 0.0345 e. The molecule has 0 heterocycles. The van der Waals surface area contributed by atoms with E-state index in [2.05, 4.69) is 62.6 Å². The molecular weight excluding hydrogens is 352 g/mol. The Morgan fingerprint density at radius 1 is 0.897 bits per heavy atom. The lowest BCUT2D eigenvalue weighted by atomic mass is 9.73. The molecule has 0 bridgehead atoms. The van der Waals surface area contributed by atoms with Crippen LogP contribution in [0.3, 0.4) is 0 Å². The van der Waals surface area contributed by atoms with E-state index in [0.717, 1.165) is 22.6 Å². The van der Waals surface area contributed by atoms with Crippen molar-refractivity contribution >= 4 is 5.71 Å². The second-order valence-electron chi connectivity index (χ2n) is 8.46. The Labute approximate surface area is 179 Å². The van der Waals surface area contributed by atoms with Gasteiger partial charge in [0.2, 0.25) is 0 Å². The average molecular weight is 393 g/mol. The Hall–Kier alpha value is -2.35. The molecular formula is C27H40N2. The number of rotatable bonds is 10. The SMILES string of the molecule is C=CC(=C\C=C(/C)C(C(=C)C)C1CCC(NC(=C)C)CC1)/C(C=C)=C/N=C(C)C. The van der Waals surface area contributed by atoms with Crippen LogP contribution < -0.4 is 5.32 Å². The van der Waals surface area contributed by atoms with Crippen molar-refractivity contribution in [3.8, 4) is 0 Å². The predicted octanol–water partition coefficient (Wildman–Crippen LogP) is 7.47. The first-order chi connectivity index (χ1) is 13.7. The minimum atomic E-state index is 0.412. The fraction of sp³-hybridized carbons (Fsp3) is 0.444. The molecule has 29 heavy (non-hydrogen) atoms. The van der Waals surface area contributed by atoms with E-state index < -0.39 is 0 Å². The van der Waals surface area contributed by atoms with Gasteiger partial charge in [0.25, 0.3) is 0 Å². The van der Waals surface area contributed by atoms with E-state index in [1.54, 1.807) is 0 Å². The fourth-order valence-corrected chi connectivity index (χ4v) is 4.16. The molecule has 0 spiro atoms. The average Bonchev–Trinajstić information content (AvgIpc) is 2.65. The first-order valence-corrected chi connectivity index (χ1v) is 10.6. The Morgan fingerprint density at radius 2 is 1.48 bits per heavy atom. The zero-order valence-corrected chi connectivity index (χ0v) is 19.2. The van der Waals surface area contributed by atoms with Crippen LogP contribution in [0.25, 0.3) is 0 Å². The van der Waals surface area contributed by atoms with E-state index in [0.29, 0.717) is 17.9 Å². The summed E-state index contributed by atoms with van der Waals surface area (Å²) < 4.78 is 0. The van der Waals surface area contributed by atoms with E-state index >= 15 is 0 Å². The molecule has 2 nitrogen and oxygen atoms in total. The summed E-state index contributed by atoms with van der Waals surface area (Å²) >= 11 is 0. The lowest BCUT2D eigenvalue weighted by molar-refractivity contribution is 0.263. The van der Waals surface area contributed by atoms with Gasteiger partial charge in [-0.05, 0) is 77.4 Å². The highest BCUT2D eigenvalue weighted by molar-refractivity contribution is 5.79. The van der Waals surface area contributed by atoms with Gasteiger partial charge in [-0.3, -0.25) is 4.99 Å². The van der Waals surface area contributed by atoms with Crippen LogP contribution in [0.15, 0.2) is 89.8 Å². The van der Waals surface area contributed by atoms with Crippen LogP contribution in [-0.2, 0) is 0 Å². The van der Waals surface area contributed by atoms with Gasteiger partial charge in [0.1, 0.15) is 0 Å². The highest BCUT2D eigenvalue weighted by Gasteiger charge is 2.28. The molecule has 0 saturated heterocycles. The fourth-order valence-electron chi connectivity index (χ4n) is 4.16. The van der Waals surface area contributed by atoms with Gasteiger partial charge in [0.15, 0.2) is 0 Å². The third-order valence-electron chi connectivity index (χ3n) is 5.48. The number of hydrogen-bond donors (Lipinski definition) is 1. The van der Waals surface area contributed by atoms with Crippen molar-refractivity contribution in [2.45, 2.75) is 66.3 Å². The van der Waals surface area contributed by atoms with E-state index in [1.807, 2.05) is 39.1 Å². The molecule has 1 unspecified atom stereocenters. The van der Waals surface area contributed by atoms with Gasteiger partial charge in [-0.1, -0.05) is 61.8 Å². The lowest BCUT2D eigenvalue weighted by Crippen LogP contribution is -2.34. The van der Waals surface area contributed by atoms with Crippen molar-refractivity contribution in [3.05, 3.63) is 84.8 Å². The zero-order valence-electron chi connectivity index (χ0n) is 19.2. The van der Waals surface area contributed by atoms with Crippen molar-refractivity contribution in [1.82, 2.24) is 5.32 Å². The Balaban J connectivity index is 3.02. The van der Waals surface area contributed by atoms with Crippen LogP contribution in [0, 0.1) is 11.8 Å². The first-order valence-electron chi connectivity index (χ1n) is 10.6. The zero-order chi connectivity index (χ0) is 22.0. The van der Waals surface area contributed by atoms with Crippen LogP contribution in [0.5, 0.6) is 0 Å². The monoisotopic (exact) mass is 392 g/mol. The quantitative estimate of drug-likeness (QED) is 0.233. The second-order valence-corrected chi connectivity index (χ2v) is 8.46. The Morgan fingerprint density at radius 3 is 1.93 bits per heavy atom. The molecule has 2 heteroatoms. The maximum absolute atomic E-state index is 4.40. The van der Waals surface area contributed by atoms with E-state index in [1.165, 1.54) is 36.8 Å². The van der Waals surface area contributed by atoms with Crippen LogP contribution in [0.4, 0.5) is 0 Å². The number of allylic oxidation sites excluding steroid dienone is 9. The summed E-state index contributed by atoms with van der Waals surface area (Å²) in [4.78, 5) is 4.40. The third kappa shape index (κ3) is 8.27. The molecule has 1 fully saturated rings. The van der Waals surface area contributed by atoms with E-state index in [4.69, 9.17) is 0 Å². The highest BCUT2D eigenvalue weighted by Crippen LogP contribution is 2.37. The molecule has 0 aromatic rings. The largest absolute Gasteiger partial charge is 0.386 e. The normalized spacial score (nSPS) is 21.8. The summed E-state index contributed by atoms with van der Waals surface area (Å²) in [7, 11) is 0. The summed E-state index contributed by atoms with van der Waals surface area (Å²) in [5.74, 6) is 1.06. The molecule has 158 valence electrons. The van der Waals surface area contributed by atoms with Crippen LogP contribution in [0.1, 0.15) is 60.3 Å². The molecule has 1 atom stereocenters. The predicted molar refractivity (Wildman–Crippen MR) is 131 cm³/mol. The van der Waals surface area contributed by atoms with Crippen LogP contribution in [-0.4, -0.2) is 11.8 Å². The van der Waals surface area contributed by atoms with Crippen molar-refractivity contribution in [2.75, 3.05) is 0 Å². The summed E-state index contributed by atoms with van der Waals surface area (Å²) in [5, 5.41) is 3.51. The lowest BCUT2D eigenvalue weighted by Gasteiger charge is -2.35. The first kappa shape index (κ1) is 24.7. The Bertz CT molecular complexity index is 730. The van der Waals surface area contributed by atoms with Crippen LogP contribution in [0.2, 0.25) is 0 Å². The standard InChI is InChI=1S/C27H40N2/c1-10-23(24(11-2)18-28-20(5)6)13-12-22(9)27(19(3)4)25-14-16-26(17-15-25)29-21(7)8/h10-13,18,25-27,29H,1-3,7,14-17H2,4-6,8-9H3/b22-12+,23-13+,24-18+. The number of hydrogen-bond acceptors (Lipinski definition) is 2. The Kier molecular flexibility index (Phi) is 10.4. The summed E-state index contributed by atoms with van der Waals surface area (Å²) in [6.07, 6.45) is 14.7. The molecule has 1 saturated carbocycles. The third-order valence-corrected chi connectivity index (χ3v) is 5.48. The molecule has 0 radical (unpaired) electrons. The molecule has 1 N–H and O–H groups in total. The van der Waals surface area contributed by atoms with Gasteiger partial charge < -0.3 is 5.32 Å². The molecule has 0 aromatic heterocycles. The molecule has 0 amide bonds. The van der Waals surface area contributed by atoms with Crippen molar-refractivity contribution in [1.29, 1.82) is 0 Å². The number of nitrogens with zero attached hydrogens (tertiary/aromatic N) is 1. The number of nitrogens with one attached hydrogen (secondary N) is 1. The smallest absolute Gasteiger partial charge is 0.0345 e. The number of aliphatic imine (C=N–C) groups is 1. The van der Waals surface area contributed by atoms with Gasteiger partial charge in [-0.15, -0.1) is 0 Å². The summed E-state index contributed by atoms with van der Waals surface area (Å²) in [5.41, 5.74) is 6.68. The molecule has 0 aliphatic heterocycles. The van der Waals surface area contributed by atoms with Gasteiger partial charge >= 0.3 is 0 Å². The van der Waals surface area contributed by atoms with Gasteiger partial charge in [0, 0.05) is 29.6 Å². The van der Waals surface area contributed by atoms with Gasteiger partial charge in [-0.25, -0.2) is 0 Å². The van der Waals surface area contributed by atoms with Crippen LogP contribution >= 0.6 is 0 Å². The molecule has 1 aliphatic carbocycles. The molecule has 0 aromatic carbocycles. The molecule has 1 rings (SSSR count). The summed E-state index contributed by atoms with van der Waals surface area (Å²) in [6, 6.07) is 0.564. The topological polar surface area (TPSA) is 24.4 Å². The molecule has 1 aliphatic rings. The minimum Gasteiger partial charge on any atom is -0.386 e.